The summed E-state index contributed by atoms with van der Waals surface area (Å²) in [5.41, 5.74) is -4.01. The van der Waals surface area contributed by atoms with Crippen molar-refractivity contribution >= 4 is 21.0 Å². The highest BCUT2D eigenvalue weighted by atomic mass is 32.2. The first-order valence-corrected chi connectivity index (χ1v) is 11.5. The Hall–Kier alpha value is -3.66. The van der Waals surface area contributed by atoms with Crippen LogP contribution in [0.25, 0.3) is 27.9 Å². The molecule has 190 valence electrons. The number of imidazole rings is 1. The highest BCUT2D eigenvalue weighted by Crippen LogP contribution is 2.40. The van der Waals surface area contributed by atoms with Crippen molar-refractivity contribution in [2.45, 2.75) is 18.5 Å². The lowest BCUT2D eigenvalue weighted by Gasteiger charge is -2.18. The van der Waals surface area contributed by atoms with Crippen molar-refractivity contribution in [2.75, 3.05) is 6.01 Å². The predicted octanol–water partition coefficient (Wildman–Crippen LogP) is 3.32. The number of benzene rings is 2. The molecule has 4 aromatic rings. The Morgan fingerprint density at radius 1 is 1.08 bits per heavy atom. The molecule has 0 spiro atoms. The Kier molecular flexibility index (Phi) is 5.29. The molecule has 0 fully saturated rings. The maximum atomic E-state index is 14.9. The number of rotatable bonds is 5. The van der Waals surface area contributed by atoms with Gasteiger partial charge in [-0.25, -0.2) is 44.5 Å². The van der Waals surface area contributed by atoms with E-state index < -0.39 is 91.7 Å². The fourth-order valence-corrected chi connectivity index (χ4v) is 4.81. The van der Waals surface area contributed by atoms with E-state index in [1.54, 1.807) is 0 Å². The first kappa shape index (κ1) is 24.1. The molecule has 3 heterocycles. The average molecular weight is 536 g/mol. The lowest BCUT2D eigenvalue weighted by atomic mass is 10.00. The summed E-state index contributed by atoms with van der Waals surface area (Å²) >= 11 is 0. The molecule has 8 nitrogen and oxygen atoms in total. The van der Waals surface area contributed by atoms with E-state index in [1.807, 2.05) is 0 Å². The molecule has 0 saturated carbocycles. The van der Waals surface area contributed by atoms with Gasteiger partial charge in [0, 0.05) is 30.0 Å². The number of hydrogen-bond acceptors (Lipinski definition) is 5. The van der Waals surface area contributed by atoms with Crippen molar-refractivity contribution < 1.29 is 43.7 Å². The molecule has 0 bridgehead atoms. The minimum absolute atomic E-state index is 0.334. The summed E-state index contributed by atoms with van der Waals surface area (Å²) < 4.78 is 129. The summed E-state index contributed by atoms with van der Waals surface area (Å²) in [7, 11) is -4.70. The minimum atomic E-state index is -4.70. The maximum Gasteiger partial charge on any atom is 0.334 e. The molecule has 1 N–H and O–H groups in total. The standard InChI is InChI=1S/C20H11F7N4O4S/c21-7-36(33,34)29-14-5-30-15(20(14,26)27)6-31(19(30)32)18-17-10(1-8(22)4-13(17)35-28-18)16-11(24)2-9(23)3-12(16)25/h1-4,6,14,29H,5,7H2/t14-/m1/s1. The molecule has 0 unspecified atom stereocenters. The molecule has 16 heteroatoms. The van der Waals surface area contributed by atoms with Crippen LogP contribution in [0.2, 0.25) is 0 Å². The third kappa shape index (κ3) is 3.59. The second-order valence-electron chi connectivity index (χ2n) is 7.87. The van der Waals surface area contributed by atoms with Crippen molar-refractivity contribution in [3.8, 4) is 16.9 Å². The quantitative estimate of drug-likeness (QED) is 0.395. The zero-order valence-corrected chi connectivity index (χ0v) is 18.2. The van der Waals surface area contributed by atoms with E-state index in [2.05, 4.69) is 5.16 Å². The predicted molar refractivity (Wildman–Crippen MR) is 109 cm³/mol. The van der Waals surface area contributed by atoms with Gasteiger partial charge in [0.05, 0.1) is 17.5 Å². The third-order valence-corrected chi connectivity index (χ3v) is 6.55. The van der Waals surface area contributed by atoms with Crippen LogP contribution in [0, 0.1) is 23.3 Å². The Balaban J connectivity index is 1.70. The molecular weight excluding hydrogens is 525 g/mol. The van der Waals surface area contributed by atoms with E-state index in [4.69, 9.17) is 4.52 Å². The highest BCUT2D eigenvalue weighted by Gasteiger charge is 2.52. The van der Waals surface area contributed by atoms with Gasteiger partial charge in [-0.15, -0.1) is 0 Å². The second-order valence-corrected chi connectivity index (χ2v) is 9.56. The molecule has 36 heavy (non-hydrogen) atoms. The van der Waals surface area contributed by atoms with E-state index in [0.717, 1.165) is 6.07 Å². The zero-order valence-electron chi connectivity index (χ0n) is 17.4. The van der Waals surface area contributed by atoms with Crippen molar-refractivity contribution in [1.29, 1.82) is 0 Å². The summed E-state index contributed by atoms with van der Waals surface area (Å²) in [5, 5.41) is 3.21. The van der Waals surface area contributed by atoms with Crippen LogP contribution in [-0.2, 0) is 22.5 Å². The van der Waals surface area contributed by atoms with Crippen LogP contribution in [0.1, 0.15) is 5.69 Å². The van der Waals surface area contributed by atoms with Gasteiger partial charge in [-0.3, -0.25) is 4.57 Å². The first-order valence-electron chi connectivity index (χ1n) is 9.84. The largest absolute Gasteiger partial charge is 0.354 e. The van der Waals surface area contributed by atoms with Crippen LogP contribution in [0.5, 0.6) is 0 Å². The number of hydrogen-bond donors (Lipinski definition) is 1. The van der Waals surface area contributed by atoms with Gasteiger partial charge in [-0.2, -0.15) is 8.78 Å². The van der Waals surface area contributed by atoms with Gasteiger partial charge in [0.15, 0.2) is 11.4 Å². The van der Waals surface area contributed by atoms with E-state index in [-0.39, 0.29) is 5.39 Å². The SMILES string of the molecule is O=c1n(-c2noc3cc(F)cc(-c4c(F)cc(F)cc4F)c23)cc2n1C[C@@H](NS(=O)(=O)CF)C2(F)F. The number of aromatic nitrogens is 3. The van der Waals surface area contributed by atoms with Gasteiger partial charge in [0.25, 0.3) is 0 Å². The summed E-state index contributed by atoms with van der Waals surface area (Å²) in [6.45, 7) is -0.883. The van der Waals surface area contributed by atoms with E-state index >= 15 is 0 Å². The van der Waals surface area contributed by atoms with Crippen molar-refractivity contribution in [3.05, 3.63) is 69.9 Å². The van der Waals surface area contributed by atoms with Crippen LogP contribution >= 0.6 is 0 Å². The third-order valence-electron chi connectivity index (χ3n) is 5.61. The number of nitrogens with zero attached hydrogens (tertiary/aromatic N) is 3. The number of halogens is 7. The smallest absolute Gasteiger partial charge is 0.334 e. The van der Waals surface area contributed by atoms with Gasteiger partial charge in [-0.1, -0.05) is 5.16 Å². The summed E-state index contributed by atoms with van der Waals surface area (Å²) in [4.78, 5) is 13.0. The lowest BCUT2D eigenvalue weighted by Crippen LogP contribution is -2.45. The van der Waals surface area contributed by atoms with E-state index in [0.29, 0.717) is 33.5 Å². The monoisotopic (exact) mass is 536 g/mol. The fourth-order valence-electron chi connectivity index (χ4n) is 4.09. The summed E-state index contributed by atoms with van der Waals surface area (Å²) in [6.07, 6.45) is 0.591. The van der Waals surface area contributed by atoms with Crippen molar-refractivity contribution in [3.63, 3.8) is 0 Å². The van der Waals surface area contributed by atoms with E-state index in [1.165, 1.54) is 4.72 Å². The molecule has 0 saturated heterocycles. The molecule has 2 aromatic carbocycles. The van der Waals surface area contributed by atoms with Crippen LogP contribution in [-0.4, -0.2) is 34.8 Å². The molecule has 0 aliphatic carbocycles. The summed E-state index contributed by atoms with van der Waals surface area (Å²) in [5.74, 6) is -9.67. The molecular formula is C20H11F7N4O4S. The molecule has 2 aromatic heterocycles. The number of nitrogens with one attached hydrogen (secondary N) is 1. The number of alkyl halides is 3. The molecule has 0 radical (unpaired) electrons. The molecule has 1 atom stereocenters. The second kappa shape index (κ2) is 7.92. The minimum Gasteiger partial charge on any atom is -0.354 e. The van der Waals surface area contributed by atoms with Crippen molar-refractivity contribution in [1.82, 2.24) is 19.0 Å². The Morgan fingerprint density at radius 3 is 2.33 bits per heavy atom. The Bertz CT molecular complexity index is 1690. The van der Waals surface area contributed by atoms with Gasteiger partial charge < -0.3 is 4.52 Å². The average Bonchev–Trinajstić information content (AvgIpc) is 3.40. The maximum absolute atomic E-state index is 14.9. The Labute approximate surface area is 195 Å². The first-order chi connectivity index (χ1) is 16.8. The summed E-state index contributed by atoms with van der Waals surface area (Å²) in [6, 6.07) is -2.04. The molecule has 5 rings (SSSR count). The highest BCUT2D eigenvalue weighted by molar-refractivity contribution is 7.89. The normalized spacial score (nSPS) is 17.1. The number of sulfonamides is 1. The van der Waals surface area contributed by atoms with Gasteiger partial charge in [0.2, 0.25) is 16.0 Å². The van der Waals surface area contributed by atoms with Crippen LogP contribution in [0.4, 0.5) is 30.7 Å². The molecule has 0 amide bonds. The van der Waals surface area contributed by atoms with Gasteiger partial charge >= 0.3 is 11.6 Å². The van der Waals surface area contributed by atoms with Crippen LogP contribution in [0.3, 0.4) is 0 Å². The molecule has 1 aliphatic heterocycles. The fraction of sp³-hybridized carbons (Fsp3) is 0.200. The van der Waals surface area contributed by atoms with Gasteiger partial charge in [-0.05, 0) is 6.07 Å². The van der Waals surface area contributed by atoms with Crippen LogP contribution in [0.15, 0.2) is 39.8 Å². The zero-order chi connectivity index (χ0) is 26.2. The van der Waals surface area contributed by atoms with E-state index in [9.17, 15) is 43.9 Å². The lowest BCUT2D eigenvalue weighted by molar-refractivity contribution is -0.0249. The van der Waals surface area contributed by atoms with Crippen molar-refractivity contribution in [2.24, 2.45) is 0 Å². The Morgan fingerprint density at radius 2 is 1.72 bits per heavy atom. The van der Waals surface area contributed by atoms with Crippen LogP contribution < -0.4 is 10.4 Å². The number of fused-ring (bicyclic) bond motifs is 2. The molecule has 1 aliphatic rings. The van der Waals surface area contributed by atoms with Gasteiger partial charge in [0.1, 0.15) is 35.0 Å². The topological polar surface area (TPSA) is 99.1 Å².